The molecule has 0 spiro atoms. The molecule has 56 valence electrons. The molecule has 3 aliphatic rings. The van der Waals surface area contributed by atoms with E-state index in [-0.39, 0.29) is 0 Å². The van der Waals surface area contributed by atoms with Gasteiger partial charge in [0.05, 0.1) is 13.2 Å². The first-order chi connectivity index (χ1) is 4.97. The minimum absolute atomic E-state index is 0.931. The van der Waals surface area contributed by atoms with Gasteiger partial charge < -0.3 is 10.1 Å². The largest absolute Gasteiger partial charge is 0.381 e. The normalized spacial score (nSPS) is 57.6. The molecule has 1 N–H and O–H groups in total. The van der Waals surface area contributed by atoms with Crippen molar-refractivity contribution in [1.82, 2.24) is 5.32 Å². The summed E-state index contributed by atoms with van der Waals surface area (Å²) < 4.78 is 5.44. The molecule has 3 rings (SSSR count). The molecule has 0 amide bonds. The number of hydrogen-bond acceptors (Lipinski definition) is 2. The highest BCUT2D eigenvalue weighted by atomic mass is 16.5. The first kappa shape index (κ1) is 5.56. The van der Waals surface area contributed by atoms with Crippen LogP contribution in [-0.4, -0.2) is 26.3 Å². The van der Waals surface area contributed by atoms with Gasteiger partial charge in [-0.25, -0.2) is 0 Å². The zero-order valence-corrected chi connectivity index (χ0v) is 6.05. The van der Waals surface area contributed by atoms with Crippen LogP contribution in [0.25, 0.3) is 0 Å². The number of fused-ring (bicyclic) bond motifs is 4. The van der Waals surface area contributed by atoms with Gasteiger partial charge in [0.25, 0.3) is 0 Å². The van der Waals surface area contributed by atoms with E-state index in [0.717, 1.165) is 36.9 Å². The Morgan fingerprint density at radius 1 is 0.900 bits per heavy atom. The average molecular weight is 139 g/mol. The van der Waals surface area contributed by atoms with Crippen LogP contribution in [0.2, 0.25) is 0 Å². The highest BCUT2D eigenvalue weighted by Crippen LogP contribution is 2.51. The topological polar surface area (TPSA) is 21.3 Å². The van der Waals surface area contributed by atoms with E-state index >= 15 is 0 Å². The van der Waals surface area contributed by atoms with E-state index < -0.39 is 0 Å². The minimum atomic E-state index is 0.931. The third-order valence-electron chi connectivity index (χ3n) is 3.58. The smallest absolute Gasteiger partial charge is 0.0501 e. The van der Waals surface area contributed by atoms with Crippen LogP contribution in [-0.2, 0) is 4.74 Å². The fraction of sp³-hybridized carbons (Fsp3) is 1.00. The molecule has 1 aliphatic carbocycles. The molecule has 3 fully saturated rings. The second kappa shape index (κ2) is 1.74. The van der Waals surface area contributed by atoms with Crippen molar-refractivity contribution in [3.8, 4) is 0 Å². The summed E-state index contributed by atoms with van der Waals surface area (Å²) >= 11 is 0. The first-order valence-electron chi connectivity index (χ1n) is 4.25. The monoisotopic (exact) mass is 139 g/mol. The maximum absolute atomic E-state index is 5.44. The van der Waals surface area contributed by atoms with Crippen molar-refractivity contribution in [3.63, 3.8) is 0 Å². The van der Waals surface area contributed by atoms with Gasteiger partial charge in [0.15, 0.2) is 0 Å². The lowest BCUT2D eigenvalue weighted by atomic mass is 9.60. The summed E-state index contributed by atoms with van der Waals surface area (Å²) in [5.74, 6) is 3.82. The summed E-state index contributed by atoms with van der Waals surface area (Å²) in [7, 11) is 0. The van der Waals surface area contributed by atoms with Gasteiger partial charge in [-0.3, -0.25) is 0 Å². The summed E-state index contributed by atoms with van der Waals surface area (Å²) in [5, 5.41) is 3.46. The molecule has 0 aromatic rings. The minimum Gasteiger partial charge on any atom is -0.381 e. The molecule has 4 atom stereocenters. The maximum Gasteiger partial charge on any atom is 0.0501 e. The lowest BCUT2D eigenvalue weighted by Gasteiger charge is -2.42. The number of hydrogen-bond donors (Lipinski definition) is 1. The molecule has 2 nitrogen and oxygen atoms in total. The Kier molecular flexibility index (Phi) is 0.968. The van der Waals surface area contributed by atoms with E-state index in [9.17, 15) is 0 Å². The molecule has 0 bridgehead atoms. The Hall–Kier alpha value is -0.0800. The Balaban J connectivity index is 1.84. The fourth-order valence-electron chi connectivity index (χ4n) is 2.98. The third kappa shape index (κ3) is 0.487. The molecular formula is C8H13NO. The zero-order valence-electron chi connectivity index (χ0n) is 6.05. The Bertz CT molecular complexity index is 117. The third-order valence-corrected chi connectivity index (χ3v) is 3.58. The van der Waals surface area contributed by atoms with Gasteiger partial charge in [-0.05, 0) is 36.8 Å². The molecule has 0 aromatic carbocycles. The second-order valence-electron chi connectivity index (χ2n) is 3.85. The summed E-state index contributed by atoms with van der Waals surface area (Å²) in [4.78, 5) is 0. The molecule has 10 heavy (non-hydrogen) atoms. The molecule has 2 heteroatoms. The lowest BCUT2D eigenvalue weighted by molar-refractivity contribution is 0.0629. The van der Waals surface area contributed by atoms with Crippen LogP contribution in [0.1, 0.15) is 0 Å². The summed E-state index contributed by atoms with van der Waals surface area (Å²) in [6.45, 7) is 4.62. The van der Waals surface area contributed by atoms with Gasteiger partial charge in [0.2, 0.25) is 0 Å². The zero-order chi connectivity index (χ0) is 6.55. The molecule has 0 unspecified atom stereocenters. The molecule has 2 heterocycles. The van der Waals surface area contributed by atoms with E-state index in [0.29, 0.717) is 0 Å². The van der Waals surface area contributed by atoms with Crippen LogP contribution in [0.4, 0.5) is 0 Å². The van der Waals surface area contributed by atoms with E-state index in [1.807, 2.05) is 0 Å². The highest BCUT2D eigenvalue weighted by molar-refractivity contribution is 5.04. The molecule has 1 saturated carbocycles. The number of ether oxygens (including phenoxy) is 1. The van der Waals surface area contributed by atoms with Gasteiger partial charge in [0, 0.05) is 0 Å². The SMILES string of the molecule is C1NC[C@@H]2[C@@H]1[C@@H]1COC[C@@H]21. The fourth-order valence-corrected chi connectivity index (χ4v) is 2.98. The summed E-state index contributed by atoms with van der Waals surface area (Å²) in [6.07, 6.45) is 0. The lowest BCUT2D eigenvalue weighted by Crippen LogP contribution is -2.44. The van der Waals surface area contributed by atoms with Gasteiger partial charge in [0.1, 0.15) is 0 Å². The Morgan fingerprint density at radius 2 is 1.50 bits per heavy atom. The Labute approximate surface area is 60.9 Å². The van der Waals surface area contributed by atoms with Crippen molar-refractivity contribution in [2.24, 2.45) is 23.7 Å². The maximum atomic E-state index is 5.44. The van der Waals surface area contributed by atoms with Crippen molar-refractivity contribution in [2.75, 3.05) is 26.3 Å². The van der Waals surface area contributed by atoms with Gasteiger partial charge in [-0.1, -0.05) is 0 Å². The quantitative estimate of drug-likeness (QED) is 0.514. The van der Waals surface area contributed by atoms with Crippen LogP contribution < -0.4 is 5.32 Å². The van der Waals surface area contributed by atoms with Crippen molar-refractivity contribution >= 4 is 0 Å². The predicted molar refractivity (Wildman–Crippen MR) is 37.6 cm³/mol. The van der Waals surface area contributed by atoms with Crippen LogP contribution in [0.3, 0.4) is 0 Å². The van der Waals surface area contributed by atoms with Crippen molar-refractivity contribution in [3.05, 3.63) is 0 Å². The van der Waals surface area contributed by atoms with Crippen LogP contribution >= 0.6 is 0 Å². The number of nitrogens with one attached hydrogen (secondary N) is 1. The van der Waals surface area contributed by atoms with E-state index in [1.165, 1.54) is 13.1 Å². The van der Waals surface area contributed by atoms with Gasteiger partial charge >= 0.3 is 0 Å². The van der Waals surface area contributed by atoms with E-state index in [2.05, 4.69) is 5.32 Å². The van der Waals surface area contributed by atoms with E-state index in [1.54, 1.807) is 0 Å². The molecule has 2 aliphatic heterocycles. The summed E-state index contributed by atoms with van der Waals surface area (Å²) in [5.41, 5.74) is 0. The van der Waals surface area contributed by atoms with Gasteiger partial charge in [-0.15, -0.1) is 0 Å². The molecular weight excluding hydrogens is 126 g/mol. The highest BCUT2D eigenvalue weighted by Gasteiger charge is 2.54. The standard InChI is InChI=1S/C8H13NO/c1-5-6(2-9-1)8-4-10-3-7(5)8/h5-9H,1-4H2/t5-,6-,7+,8+/m1/s1. The molecule has 2 saturated heterocycles. The molecule has 0 aromatic heterocycles. The number of rotatable bonds is 0. The first-order valence-corrected chi connectivity index (χ1v) is 4.25. The second-order valence-corrected chi connectivity index (χ2v) is 3.85. The predicted octanol–water partition coefficient (Wildman–Crippen LogP) is 0.0982. The average Bonchev–Trinajstić information content (AvgIpc) is 2.42. The van der Waals surface area contributed by atoms with E-state index in [4.69, 9.17) is 4.74 Å². The van der Waals surface area contributed by atoms with Crippen LogP contribution in [0.15, 0.2) is 0 Å². The van der Waals surface area contributed by atoms with Crippen molar-refractivity contribution in [1.29, 1.82) is 0 Å². The van der Waals surface area contributed by atoms with Crippen LogP contribution in [0.5, 0.6) is 0 Å². The Morgan fingerprint density at radius 3 is 2.10 bits per heavy atom. The van der Waals surface area contributed by atoms with Gasteiger partial charge in [-0.2, -0.15) is 0 Å². The molecule has 0 radical (unpaired) electrons. The van der Waals surface area contributed by atoms with Crippen LogP contribution in [0, 0.1) is 23.7 Å². The summed E-state index contributed by atoms with van der Waals surface area (Å²) in [6, 6.07) is 0. The van der Waals surface area contributed by atoms with Crippen molar-refractivity contribution in [2.45, 2.75) is 0 Å². The van der Waals surface area contributed by atoms with Crippen molar-refractivity contribution < 1.29 is 4.74 Å².